The van der Waals surface area contributed by atoms with Gasteiger partial charge in [0.15, 0.2) is 6.29 Å². The highest BCUT2D eigenvalue weighted by molar-refractivity contribution is 5.99. The predicted octanol–water partition coefficient (Wildman–Crippen LogP) is 2.88. The number of hydrogen-bond acceptors (Lipinski definition) is 4. The Balaban J connectivity index is 1.48. The summed E-state index contributed by atoms with van der Waals surface area (Å²) in [6.45, 7) is 3.85. The summed E-state index contributed by atoms with van der Waals surface area (Å²) in [4.78, 5) is 25.0. The first kappa shape index (κ1) is 18.5. The van der Waals surface area contributed by atoms with Crippen molar-refractivity contribution in [3.63, 3.8) is 0 Å². The van der Waals surface area contributed by atoms with E-state index in [2.05, 4.69) is 26.4 Å². The number of nitrogens with zero attached hydrogens (tertiary/aromatic N) is 2. The molecule has 8 nitrogen and oxygen atoms in total. The van der Waals surface area contributed by atoms with Crippen LogP contribution in [-0.2, 0) is 4.79 Å². The minimum atomic E-state index is -0.477. The number of fused-ring (bicyclic) bond motifs is 1. The van der Waals surface area contributed by atoms with Crippen LogP contribution >= 0.6 is 0 Å². The van der Waals surface area contributed by atoms with Crippen LogP contribution in [0, 0.1) is 19.8 Å². The van der Waals surface area contributed by atoms with Gasteiger partial charge in [-0.05, 0) is 38.8 Å². The third-order valence-corrected chi connectivity index (χ3v) is 5.41. The van der Waals surface area contributed by atoms with Crippen molar-refractivity contribution in [1.82, 2.24) is 20.4 Å². The van der Waals surface area contributed by atoms with Gasteiger partial charge in [0.1, 0.15) is 5.82 Å². The van der Waals surface area contributed by atoms with Crippen molar-refractivity contribution in [2.45, 2.75) is 51.9 Å². The van der Waals surface area contributed by atoms with Crippen molar-refractivity contribution < 1.29 is 9.59 Å². The van der Waals surface area contributed by atoms with Gasteiger partial charge in [0.2, 0.25) is 5.91 Å². The van der Waals surface area contributed by atoms with Crippen LogP contribution in [-0.4, -0.2) is 27.8 Å². The number of amides is 3. The Labute approximate surface area is 164 Å². The maximum Gasteiger partial charge on any atom is 0.324 e. The molecule has 28 heavy (non-hydrogen) atoms. The zero-order valence-corrected chi connectivity index (χ0v) is 16.2. The van der Waals surface area contributed by atoms with E-state index in [-0.39, 0.29) is 23.9 Å². The number of benzene rings is 1. The topological polar surface area (TPSA) is 100 Å². The van der Waals surface area contributed by atoms with E-state index in [1.807, 2.05) is 38.1 Å². The van der Waals surface area contributed by atoms with E-state index < -0.39 is 6.29 Å². The molecule has 0 spiro atoms. The van der Waals surface area contributed by atoms with Gasteiger partial charge in [-0.2, -0.15) is 5.10 Å². The molecule has 8 heteroatoms. The van der Waals surface area contributed by atoms with Gasteiger partial charge < -0.3 is 10.6 Å². The van der Waals surface area contributed by atoms with Crippen molar-refractivity contribution in [3.8, 4) is 0 Å². The molecule has 1 aliphatic heterocycles. The highest BCUT2D eigenvalue weighted by Crippen LogP contribution is 2.29. The summed E-state index contributed by atoms with van der Waals surface area (Å²) >= 11 is 0. The Morgan fingerprint density at radius 3 is 2.68 bits per heavy atom. The number of hydrogen-bond donors (Lipinski definition) is 4. The number of aromatic nitrogens is 2. The predicted molar refractivity (Wildman–Crippen MR) is 107 cm³/mol. The van der Waals surface area contributed by atoms with Gasteiger partial charge in [-0.15, -0.1) is 0 Å². The molecule has 2 aliphatic rings. The maximum atomic E-state index is 12.5. The quantitative estimate of drug-likeness (QED) is 0.656. The van der Waals surface area contributed by atoms with Gasteiger partial charge >= 0.3 is 6.03 Å². The number of aryl methyl sites for hydroxylation is 2. The summed E-state index contributed by atoms with van der Waals surface area (Å²) < 4.78 is 1.63. The molecule has 4 N–H and O–H groups in total. The van der Waals surface area contributed by atoms with Crippen LogP contribution in [0.5, 0.6) is 0 Å². The number of rotatable bonds is 3. The summed E-state index contributed by atoms with van der Waals surface area (Å²) in [5, 5.41) is 16.6. The fourth-order valence-corrected chi connectivity index (χ4v) is 3.98. The molecule has 2 heterocycles. The zero-order chi connectivity index (χ0) is 19.7. The second kappa shape index (κ2) is 7.63. The molecule has 1 aliphatic carbocycles. The summed E-state index contributed by atoms with van der Waals surface area (Å²) in [6, 6.07) is 9.15. The molecule has 1 aromatic carbocycles. The smallest absolute Gasteiger partial charge is 0.322 e. The summed E-state index contributed by atoms with van der Waals surface area (Å²) in [7, 11) is 0. The molecule has 1 aromatic heterocycles. The highest BCUT2D eigenvalue weighted by atomic mass is 16.2. The molecule has 3 unspecified atom stereocenters. The van der Waals surface area contributed by atoms with E-state index in [9.17, 15) is 9.59 Å². The van der Waals surface area contributed by atoms with Gasteiger partial charge in [-0.3, -0.25) is 15.4 Å². The Morgan fingerprint density at radius 2 is 1.89 bits per heavy atom. The third kappa shape index (κ3) is 3.87. The average molecular weight is 382 g/mol. The zero-order valence-electron chi connectivity index (χ0n) is 16.2. The van der Waals surface area contributed by atoms with Crippen molar-refractivity contribution in [3.05, 3.63) is 41.6 Å². The van der Waals surface area contributed by atoms with E-state index in [4.69, 9.17) is 0 Å². The number of nitrogens with one attached hydrogen (secondary N) is 4. The standard InChI is InChI=1S/C20H26N6O2/c1-12-7-9-14(10-8-12)21-20(28)23-17-11-13(2)25-26(17)19-22-16-6-4-3-5-15(16)18(27)24-19/h7-11,15-16,19,22H,3-6H2,1-2H3,(H,24,27)(H2,21,23,28). The SMILES string of the molecule is Cc1ccc(NC(=O)Nc2cc(C)nn2C2NC(=O)C3CCCCC3N2)cc1. The van der Waals surface area contributed by atoms with Crippen molar-refractivity contribution in [1.29, 1.82) is 0 Å². The summed E-state index contributed by atoms with van der Waals surface area (Å²) in [6.07, 6.45) is 3.63. The van der Waals surface area contributed by atoms with Gasteiger partial charge in [0, 0.05) is 17.8 Å². The first-order chi connectivity index (χ1) is 13.5. The lowest BCUT2D eigenvalue weighted by molar-refractivity contribution is -0.132. The molecule has 148 valence electrons. The van der Waals surface area contributed by atoms with Crippen LogP contribution in [0.25, 0.3) is 0 Å². The first-order valence-corrected chi connectivity index (χ1v) is 9.77. The molecule has 1 saturated heterocycles. The van der Waals surface area contributed by atoms with Crippen LogP contribution in [0.3, 0.4) is 0 Å². The molecule has 3 amide bonds. The summed E-state index contributed by atoms with van der Waals surface area (Å²) in [5.74, 6) is 0.591. The van der Waals surface area contributed by atoms with Crippen molar-refractivity contribution in [2.24, 2.45) is 5.92 Å². The van der Waals surface area contributed by atoms with Crippen LogP contribution in [0.15, 0.2) is 30.3 Å². The molecule has 4 rings (SSSR count). The lowest BCUT2D eigenvalue weighted by Gasteiger charge is -2.40. The molecule has 3 atom stereocenters. The minimum Gasteiger partial charge on any atom is -0.322 e. The van der Waals surface area contributed by atoms with E-state index in [0.717, 1.165) is 36.9 Å². The van der Waals surface area contributed by atoms with Crippen LogP contribution in [0.1, 0.15) is 43.2 Å². The Bertz CT molecular complexity index is 875. The molecule has 2 fully saturated rings. The molecule has 2 aromatic rings. The van der Waals surface area contributed by atoms with Crippen molar-refractivity contribution in [2.75, 3.05) is 10.6 Å². The second-order valence-corrected chi connectivity index (χ2v) is 7.64. The van der Waals surface area contributed by atoms with E-state index >= 15 is 0 Å². The fourth-order valence-electron chi connectivity index (χ4n) is 3.98. The molecular weight excluding hydrogens is 356 g/mol. The monoisotopic (exact) mass is 382 g/mol. The first-order valence-electron chi connectivity index (χ1n) is 9.77. The lowest BCUT2D eigenvalue weighted by Crippen LogP contribution is -2.59. The fraction of sp³-hybridized carbons (Fsp3) is 0.450. The lowest BCUT2D eigenvalue weighted by atomic mass is 9.83. The van der Waals surface area contributed by atoms with Crippen LogP contribution < -0.4 is 21.3 Å². The van der Waals surface area contributed by atoms with E-state index in [0.29, 0.717) is 11.5 Å². The molecule has 0 radical (unpaired) electrons. The minimum absolute atomic E-state index is 0.0166. The van der Waals surface area contributed by atoms with E-state index in [1.165, 1.54) is 0 Å². The van der Waals surface area contributed by atoms with Crippen molar-refractivity contribution >= 4 is 23.4 Å². The molecular formula is C20H26N6O2. The highest BCUT2D eigenvalue weighted by Gasteiger charge is 2.38. The largest absolute Gasteiger partial charge is 0.324 e. The average Bonchev–Trinajstić information content (AvgIpc) is 3.03. The molecule has 1 saturated carbocycles. The Morgan fingerprint density at radius 1 is 1.14 bits per heavy atom. The van der Waals surface area contributed by atoms with Gasteiger partial charge in [0.05, 0.1) is 11.6 Å². The normalized spacial score (nSPS) is 24.2. The number of carbonyl (C=O) groups excluding carboxylic acids is 2. The summed E-state index contributed by atoms with van der Waals surface area (Å²) in [5.41, 5.74) is 2.59. The maximum absolute atomic E-state index is 12.5. The van der Waals surface area contributed by atoms with Gasteiger partial charge in [0.25, 0.3) is 0 Å². The van der Waals surface area contributed by atoms with Crippen LogP contribution in [0.2, 0.25) is 0 Å². The third-order valence-electron chi connectivity index (χ3n) is 5.41. The van der Waals surface area contributed by atoms with Crippen LogP contribution in [0.4, 0.5) is 16.3 Å². The number of carbonyl (C=O) groups is 2. The van der Waals surface area contributed by atoms with E-state index in [1.54, 1.807) is 10.7 Å². The Kier molecular flexibility index (Phi) is 5.04. The van der Waals surface area contributed by atoms with Gasteiger partial charge in [-0.25, -0.2) is 9.48 Å². The van der Waals surface area contributed by atoms with Gasteiger partial charge in [-0.1, -0.05) is 30.5 Å². The number of anilines is 2. The Hall–Kier alpha value is -2.87. The second-order valence-electron chi connectivity index (χ2n) is 7.64. The molecule has 0 bridgehead atoms. The number of urea groups is 1.